The zero-order valence-corrected chi connectivity index (χ0v) is 18.8. The van der Waals surface area contributed by atoms with E-state index in [1.807, 2.05) is 11.4 Å². The molecule has 0 atom stereocenters. The lowest BCUT2D eigenvalue weighted by Crippen LogP contribution is -2.30. The number of thioether (sulfide) groups is 1. The summed E-state index contributed by atoms with van der Waals surface area (Å²) in [6, 6.07) is 12.0. The Kier molecular flexibility index (Phi) is 6.15. The minimum atomic E-state index is -0.0432. The number of thiazole rings is 1. The van der Waals surface area contributed by atoms with Gasteiger partial charge in [-0.2, -0.15) is 0 Å². The number of piperidine rings is 1. The van der Waals surface area contributed by atoms with E-state index in [-0.39, 0.29) is 5.56 Å². The number of nitrogens with zero attached hydrogens (tertiary/aromatic N) is 6. The van der Waals surface area contributed by atoms with Crippen molar-refractivity contribution in [2.75, 3.05) is 13.1 Å². The molecule has 0 radical (unpaired) electrons. The first-order valence-corrected chi connectivity index (χ1v) is 12.4. The van der Waals surface area contributed by atoms with Crippen LogP contribution in [0.15, 0.2) is 57.9 Å². The van der Waals surface area contributed by atoms with Crippen LogP contribution in [-0.2, 0) is 18.8 Å². The van der Waals surface area contributed by atoms with Crippen LogP contribution in [0.4, 0.5) is 0 Å². The molecule has 4 heterocycles. The molecule has 1 aliphatic rings. The van der Waals surface area contributed by atoms with Crippen molar-refractivity contribution in [2.45, 2.75) is 43.3 Å². The molecule has 0 amide bonds. The number of likely N-dealkylation sites (tertiary alicyclic amines) is 1. The third-order valence-electron chi connectivity index (χ3n) is 5.50. The Morgan fingerprint density at radius 2 is 1.87 bits per heavy atom. The predicted molar refractivity (Wildman–Crippen MR) is 124 cm³/mol. The second-order valence-electron chi connectivity index (χ2n) is 7.74. The van der Waals surface area contributed by atoms with Crippen LogP contribution in [-0.4, -0.2) is 42.1 Å². The quantitative estimate of drug-likeness (QED) is 0.399. The van der Waals surface area contributed by atoms with Crippen molar-refractivity contribution in [1.29, 1.82) is 0 Å². The molecule has 1 aliphatic heterocycles. The summed E-state index contributed by atoms with van der Waals surface area (Å²) in [7, 11) is 0. The van der Waals surface area contributed by atoms with Gasteiger partial charge in [-0.05, 0) is 31.5 Å². The minimum absolute atomic E-state index is 0.0432. The van der Waals surface area contributed by atoms with E-state index in [0.717, 1.165) is 47.8 Å². The van der Waals surface area contributed by atoms with E-state index >= 15 is 0 Å². The second-order valence-corrected chi connectivity index (χ2v) is 9.55. The lowest BCUT2D eigenvalue weighted by Gasteiger charge is -2.26. The topological polar surface area (TPSA) is 68.3 Å². The number of hydrogen-bond donors (Lipinski definition) is 0. The van der Waals surface area contributed by atoms with Crippen molar-refractivity contribution in [1.82, 2.24) is 29.0 Å². The van der Waals surface area contributed by atoms with Crippen LogP contribution >= 0.6 is 23.1 Å². The van der Waals surface area contributed by atoms with E-state index in [4.69, 9.17) is 0 Å². The van der Waals surface area contributed by atoms with E-state index in [2.05, 4.69) is 48.9 Å². The summed E-state index contributed by atoms with van der Waals surface area (Å²) in [5, 5.41) is 11.8. The lowest BCUT2D eigenvalue weighted by atomic mass is 10.1. The molecule has 160 valence electrons. The summed E-state index contributed by atoms with van der Waals surface area (Å²) >= 11 is 3.06. The highest BCUT2D eigenvalue weighted by Crippen LogP contribution is 2.24. The zero-order valence-electron chi connectivity index (χ0n) is 17.2. The number of benzene rings is 1. The predicted octanol–water partition coefficient (Wildman–Crippen LogP) is 3.67. The molecule has 7 nitrogen and oxygen atoms in total. The van der Waals surface area contributed by atoms with Gasteiger partial charge in [0.25, 0.3) is 5.56 Å². The van der Waals surface area contributed by atoms with Crippen LogP contribution in [0.5, 0.6) is 0 Å². The van der Waals surface area contributed by atoms with Crippen molar-refractivity contribution in [3.05, 3.63) is 75.4 Å². The van der Waals surface area contributed by atoms with Crippen molar-refractivity contribution in [3.63, 3.8) is 0 Å². The van der Waals surface area contributed by atoms with Crippen LogP contribution in [0.3, 0.4) is 0 Å². The van der Waals surface area contributed by atoms with Gasteiger partial charge in [0, 0.05) is 23.4 Å². The van der Waals surface area contributed by atoms with Gasteiger partial charge in [-0.15, -0.1) is 21.5 Å². The Morgan fingerprint density at radius 1 is 1.03 bits per heavy atom. The smallest absolute Gasteiger partial charge is 0.258 e. The third kappa shape index (κ3) is 4.73. The van der Waals surface area contributed by atoms with Crippen LogP contribution in [0, 0.1) is 0 Å². The van der Waals surface area contributed by atoms with Gasteiger partial charge >= 0.3 is 0 Å². The number of fused-ring (bicyclic) bond motifs is 1. The molecular weight excluding hydrogens is 428 g/mol. The Morgan fingerprint density at radius 3 is 2.71 bits per heavy atom. The van der Waals surface area contributed by atoms with Crippen LogP contribution in [0.2, 0.25) is 0 Å². The molecule has 4 aromatic rings. The summed E-state index contributed by atoms with van der Waals surface area (Å²) in [6.07, 6.45) is 5.58. The lowest BCUT2D eigenvalue weighted by molar-refractivity contribution is 0.213. The molecule has 9 heteroatoms. The molecule has 1 saturated heterocycles. The molecule has 31 heavy (non-hydrogen) atoms. The summed E-state index contributed by atoms with van der Waals surface area (Å²) < 4.78 is 3.79. The number of rotatable bonds is 7. The minimum Gasteiger partial charge on any atom is -0.300 e. The first-order chi connectivity index (χ1) is 15.3. The second kappa shape index (κ2) is 9.33. The molecule has 0 unspecified atom stereocenters. The van der Waals surface area contributed by atoms with Gasteiger partial charge < -0.3 is 4.57 Å². The van der Waals surface area contributed by atoms with Crippen molar-refractivity contribution >= 4 is 28.1 Å². The summed E-state index contributed by atoms with van der Waals surface area (Å²) in [5.74, 6) is 1.58. The molecule has 0 N–H and O–H groups in total. The van der Waals surface area contributed by atoms with Crippen LogP contribution in [0.25, 0.3) is 4.96 Å². The van der Waals surface area contributed by atoms with Crippen LogP contribution < -0.4 is 5.56 Å². The summed E-state index contributed by atoms with van der Waals surface area (Å²) in [4.78, 5) is 20.1. The van der Waals surface area contributed by atoms with E-state index in [1.54, 1.807) is 28.4 Å². The average molecular weight is 453 g/mol. The fraction of sp³-hybridized carbons (Fsp3) is 0.364. The molecule has 0 aliphatic carbocycles. The Labute approximate surface area is 188 Å². The molecule has 1 fully saturated rings. The molecule has 0 bridgehead atoms. The Hall–Kier alpha value is -2.49. The fourth-order valence-corrected chi connectivity index (χ4v) is 5.47. The van der Waals surface area contributed by atoms with E-state index < -0.39 is 0 Å². The molecule has 0 saturated carbocycles. The fourth-order valence-electron chi connectivity index (χ4n) is 3.89. The van der Waals surface area contributed by atoms with Gasteiger partial charge in [0.05, 0.1) is 18.8 Å². The maximum atomic E-state index is 12.3. The SMILES string of the molecule is O=c1cc(CSc2nnc(CN3CCCCC3)n2Cc2ccccc2)nc2sccn12. The van der Waals surface area contributed by atoms with Gasteiger partial charge in [0.2, 0.25) is 0 Å². The van der Waals surface area contributed by atoms with Gasteiger partial charge in [0.1, 0.15) is 5.82 Å². The normalized spacial score (nSPS) is 15.0. The van der Waals surface area contributed by atoms with E-state index in [0.29, 0.717) is 5.75 Å². The van der Waals surface area contributed by atoms with Crippen LogP contribution in [0.1, 0.15) is 36.3 Å². The molecule has 3 aromatic heterocycles. The highest BCUT2D eigenvalue weighted by molar-refractivity contribution is 7.98. The van der Waals surface area contributed by atoms with E-state index in [1.165, 1.54) is 36.2 Å². The largest absolute Gasteiger partial charge is 0.300 e. The standard InChI is InChI=1S/C22H24N6OS2/c29-20-13-18(23-21-27(20)11-12-30-21)16-31-22-25-24-19(15-26-9-5-2-6-10-26)28(22)14-17-7-3-1-4-8-17/h1,3-4,7-8,11-13H,2,5-6,9-10,14-16H2. The molecule has 5 rings (SSSR count). The van der Waals surface area contributed by atoms with Crippen molar-refractivity contribution in [2.24, 2.45) is 0 Å². The van der Waals surface area contributed by atoms with Gasteiger partial charge in [-0.1, -0.05) is 48.5 Å². The van der Waals surface area contributed by atoms with Gasteiger partial charge in [-0.3, -0.25) is 14.1 Å². The molecule has 0 spiro atoms. The zero-order chi connectivity index (χ0) is 21.0. The van der Waals surface area contributed by atoms with E-state index in [9.17, 15) is 4.79 Å². The highest BCUT2D eigenvalue weighted by atomic mass is 32.2. The first-order valence-electron chi connectivity index (χ1n) is 10.5. The maximum Gasteiger partial charge on any atom is 0.258 e. The van der Waals surface area contributed by atoms with Gasteiger partial charge in [-0.25, -0.2) is 4.98 Å². The van der Waals surface area contributed by atoms with Gasteiger partial charge in [0.15, 0.2) is 10.1 Å². The van der Waals surface area contributed by atoms with Crippen molar-refractivity contribution < 1.29 is 0 Å². The Balaban J connectivity index is 1.39. The number of hydrogen-bond acceptors (Lipinski definition) is 7. The maximum absolute atomic E-state index is 12.3. The molecule has 1 aromatic carbocycles. The Bertz CT molecular complexity index is 1210. The first kappa shape index (κ1) is 20.4. The monoisotopic (exact) mass is 452 g/mol. The highest BCUT2D eigenvalue weighted by Gasteiger charge is 2.18. The third-order valence-corrected chi connectivity index (χ3v) is 7.25. The average Bonchev–Trinajstić information content (AvgIpc) is 3.42. The summed E-state index contributed by atoms with van der Waals surface area (Å²) in [5.41, 5.74) is 1.95. The molecular formula is C22H24N6OS2. The van der Waals surface area contributed by atoms with Crippen molar-refractivity contribution in [3.8, 4) is 0 Å². The summed E-state index contributed by atoms with van der Waals surface area (Å²) in [6.45, 7) is 3.80. The number of aromatic nitrogens is 5.